The number of ketones is 1. The first kappa shape index (κ1) is 27.5. The number of carbonyl (C=O) groups is 2. The normalized spacial score (nSPS) is 14.3. The lowest BCUT2D eigenvalue weighted by molar-refractivity contribution is 0.0467. The molecule has 0 atom stereocenters. The van der Waals surface area contributed by atoms with Gasteiger partial charge in [-0.25, -0.2) is 18.2 Å². The van der Waals surface area contributed by atoms with Crippen LogP contribution in [0.5, 0.6) is 0 Å². The van der Waals surface area contributed by atoms with Crippen molar-refractivity contribution in [2.24, 2.45) is 0 Å². The molecule has 1 fully saturated rings. The molecule has 10 nitrogen and oxygen atoms in total. The number of hydrogen-bond donors (Lipinski definition) is 0. The predicted octanol–water partition coefficient (Wildman–Crippen LogP) is 4.12. The second kappa shape index (κ2) is 11.2. The standard InChI is InChI=1S/C29H29N3O7S/c1-19-16-25(26(33)18-38-29(34)27-21(3)39-28(30-27)22-8-5-4-6-9-22)20(2)32(19)23-10-7-11-24(17-23)40(35,36)31-12-14-37-15-13-31/h4-11,16-17H,12-15,18H2,1-3H3. The van der Waals surface area contributed by atoms with Crippen LogP contribution in [0.4, 0.5) is 0 Å². The number of ether oxygens (including phenoxy) is 2. The maximum Gasteiger partial charge on any atom is 0.361 e. The van der Waals surface area contributed by atoms with Gasteiger partial charge in [0.1, 0.15) is 5.76 Å². The third-order valence-corrected chi connectivity index (χ3v) is 8.65. The fourth-order valence-electron chi connectivity index (χ4n) is 4.73. The molecule has 1 aliphatic rings. The van der Waals surface area contributed by atoms with E-state index in [9.17, 15) is 18.0 Å². The van der Waals surface area contributed by atoms with Crippen LogP contribution in [-0.4, -0.2) is 66.9 Å². The number of esters is 1. The van der Waals surface area contributed by atoms with Gasteiger partial charge in [0.15, 0.2) is 12.3 Å². The van der Waals surface area contributed by atoms with Crippen molar-refractivity contribution < 1.29 is 31.9 Å². The van der Waals surface area contributed by atoms with Gasteiger partial charge in [-0.3, -0.25) is 4.79 Å². The van der Waals surface area contributed by atoms with Crippen LogP contribution in [-0.2, 0) is 19.5 Å². The summed E-state index contributed by atoms with van der Waals surface area (Å²) in [7, 11) is -3.69. The number of aryl methyl sites for hydroxylation is 2. The van der Waals surface area contributed by atoms with E-state index in [4.69, 9.17) is 13.9 Å². The number of nitrogens with zero attached hydrogens (tertiary/aromatic N) is 3. The van der Waals surface area contributed by atoms with Crippen molar-refractivity contribution in [3.63, 3.8) is 0 Å². The Balaban J connectivity index is 1.32. The molecule has 5 rings (SSSR count). The summed E-state index contributed by atoms with van der Waals surface area (Å²) in [5.74, 6) is -0.569. The van der Waals surface area contributed by atoms with Crippen LogP contribution in [0.3, 0.4) is 0 Å². The van der Waals surface area contributed by atoms with E-state index in [1.165, 1.54) is 4.31 Å². The second-order valence-corrected chi connectivity index (χ2v) is 11.4. The SMILES string of the molecule is Cc1oc(-c2ccccc2)nc1C(=O)OCC(=O)c1cc(C)n(-c2cccc(S(=O)(=O)N3CCOCC3)c2)c1C. The molecule has 1 saturated heterocycles. The molecule has 11 heteroatoms. The molecular weight excluding hydrogens is 534 g/mol. The molecule has 0 spiro atoms. The average Bonchev–Trinajstić information content (AvgIpc) is 3.51. The van der Waals surface area contributed by atoms with Crippen molar-refractivity contribution in [2.45, 2.75) is 25.7 Å². The zero-order valence-corrected chi connectivity index (χ0v) is 23.2. The number of carbonyl (C=O) groups excluding carboxylic acids is 2. The molecule has 1 aliphatic heterocycles. The van der Waals surface area contributed by atoms with Gasteiger partial charge in [0.25, 0.3) is 0 Å². The van der Waals surface area contributed by atoms with Gasteiger partial charge in [0.05, 0.1) is 18.1 Å². The van der Waals surface area contributed by atoms with Crippen molar-refractivity contribution >= 4 is 21.8 Å². The van der Waals surface area contributed by atoms with Crippen molar-refractivity contribution in [3.8, 4) is 17.1 Å². The van der Waals surface area contributed by atoms with Crippen molar-refractivity contribution in [1.82, 2.24) is 13.9 Å². The maximum absolute atomic E-state index is 13.2. The quantitative estimate of drug-likeness (QED) is 0.232. The molecule has 40 heavy (non-hydrogen) atoms. The number of morpholine rings is 1. The van der Waals surface area contributed by atoms with Gasteiger partial charge in [0, 0.05) is 41.3 Å². The molecule has 0 radical (unpaired) electrons. The molecule has 0 aliphatic carbocycles. The second-order valence-electron chi connectivity index (χ2n) is 9.42. The number of aromatic nitrogens is 2. The van der Waals surface area contributed by atoms with E-state index in [0.29, 0.717) is 49.0 Å². The highest BCUT2D eigenvalue weighted by atomic mass is 32.2. The van der Waals surface area contributed by atoms with Crippen LogP contribution in [0.2, 0.25) is 0 Å². The van der Waals surface area contributed by atoms with E-state index in [0.717, 1.165) is 11.3 Å². The molecule has 0 N–H and O–H groups in total. The number of rotatable bonds is 8. The summed E-state index contributed by atoms with van der Waals surface area (Å²) in [5, 5.41) is 0. The third kappa shape index (κ3) is 5.35. The highest BCUT2D eigenvalue weighted by Crippen LogP contribution is 2.26. The van der Waals surface area contributed by atoms with Crippen molar-refractivity contribution in [3.05, 3.63) is 89.1 Å². The van der Waals surface area contributed by atoms with E-state index in [2.05, 4.69) is 4.98 Å². The lowest BCUT2D eigenvalue weighted by atomic mass is 10.1. The van der Waals surface area contributed by atoms with E-state index in [1.807, 2.05) is 37.3 Å². The van der Waals surface area contributed by atoms with E-state index in [-0.39, 0.29) is 16.5 Å². The van der Waals surface area contributed by atoms with Gasteiger partial charge >= 0.3 is 5.97 Å². The minimum atomic E-state index is -3.69. The Morgan fingerprint density at radius 2 is 1.70 bits per heavy atom. The third-order valence-electron chi connectivity index (χ3n) is 6.76. The first-order valence-electron chi connectivity index (χ1n) is 12.8. The Bertz CT molecular complexity index is 1670. The fraction of sp³-hybridized carbons (Fsp3) is 0.276. The predicted molar refractivity (Wildman–Crippen MR) is 146 cm³/mol. The fourth-order valence-corrected chi connectivity index (χ4v) is 6.18. The smallest absolute Gasteiger partial charge is 0.361 e. The largest absolute Gasteiger partial charge is 0.452 e. The highest BCUT2D eigenvalue weighted by Gasteiger charge is 2.27. The number of sulfonamides is 1. The minimum Gasteiger partial charge on any atom is -0.452 e. The average molecular weight is 564 g/mol. The Hall–Kier alpha value is -4.06. The lowest BCUT2D eigenvalue weighted by Crippen LogP contribution is -2.40. The van der Waals surface area contributed by atoms with Gasteiger partial charge in [-0.1, -0.05) is 24.3 Å². The molecule has 3 heterocycles. The maximum atomic E-state index is 13.2. The van der Waals surface area contributed by atoms with Gasteiger partial charge < -0.3 is 18.5 Å². The molecule has 2 aromatic carbocycles. The van der Waals surface area contributed by atoms with Crippen molar-refractivity contribution in [2.75, 3.05) is 32.9 Å². The zero-order valence-electron chi connectivity index (χ0n) is 22.4. The van der Waals surface area contributed by atoms with Crippen LogP contribution in [0, 0.1) is 20.8 Å². The number of Topliss-reactive ketones (excluding diaryl/α,β-unsaturated/α-hetero) is 1. The summed E-state index contributed by atoms with van der Waals surface area (Å²) in [5.41, 5.74) is 3.03. The molecule has 4 aromatic rings. The van der Waals surface area contributed by atoms with Crippen LogP contribution in [0.1, 0.15) is 38.0 Å². The van der Waals surface area contributed by atoms with Crippen LogP contribution in [0.25, 0.3) is 17.1 Å². The first-order chi connectivity index (χ1) is 19.2. The van der Waals surface area contributed by atoms with Crippen molar-refractivity contribution in [1.29, 1.82) is 0 Å². The summed E-state index contributed by atoms with van der Waals surface area (Å²) < 4.78 is 45.8. The van der Waals surface area contributed by atoms with E-state index in [1.54, 1.807) is 48.7 Å². The summed E-state index contributed by atoms with van der Waals surface area (Å²) in [6.45, 7) is 6.02. The molecule has 2 aromatic heterocycles. The topological polar surface area (TPSA) is 121 Å². The molecule has 0 bridgehead atoms. The monoisotopic (exact) mass is 563 g/mol. The Kier molecular flexibility index (Phi) is 7.70. The number of hydrogen-bond acceptors (Lipinski definition) is 8. The van der Waals surface area contributed by atoms with E-state index < -0.39 is 28.4 Å². The lowest BCUT2D eigenvalue weighted by Gasteiger charge is -2.26. The molecular formula is C29H29N3O7S. The number of oxazole rings is 1. The van der Waals surface area contributed by atoms with Crippen LogP contribution < -0.4 is 0 Å². The minimum absolute atomic E-state index is 0.00965. The Labute approximate surface area is 232 Å². The van der Waals surface area contributed by atoms with Gasteiger partial charge in [-0.05, 0) is 57.2 Å². The Morgan fingerprint density at radius 3 is 2.42 bits per heavy atom. The van der Waals surface area contributed by atoms with E-state index >= 15 is 0 Å². The highest BCUT2D eigenvalue weighted by molar-refractivity contribution is 7.89. The Morgan fingerprint density at radius 1 is 0.975 bits per heavy atom. The summed E-state index contributed by atoms with van der Waals surface area (Å²) in [6.07, 6.45) is 0. The number of benzene rings is 2. The zero-order chi connectivity index (χ0) is 28.4. The molecule has 0 amide bonds. The van der Waals surface area contributed by atoms with Gasteiger partial charge in [-0.2, -0.15) is 4.31 Å². The van der Waals surface area contributed by atoms with Crippen LogP contribution in [0.15, 0.2) is 70.0 Å². The summed E-state index contributed by atoms with van der Waals surface area (Å²) in [6, 6.07) is 17.5. The summed E-state index contributed by atoms with van der Waals surface area (Å²) in [4.78, 5) is 30.2. The van der Waals surface area contributed by atoms with Gasteiger partial charge in [-0.15, -0.1) is 0 Å². The van der Waals surface area contributed by atoms with Gasteiger partial charge in [0.2, 0.25) is 21.7 Å². The summed E-state index contributed by atoms with van der Waals surface area (Å²) >= 11 is 0. The molecule has 208 valence electrons. The first-order valence-corrected chi connectivity index (χ1v) is 14.2. The molecule has 0 unspecified atom stereocenters. The molecule has 0 saturated carbocycles. The van der Waals surface area contributed by atoms with Crippen LogP contribution >= 0.6 is 0 Å².